The molecule has 1 saturated heterocycles. The molecule has 26 heavy (non-hydrogen) atoms. The van der Waals surface area contributed by atoms with E-state index in [1.54, 1.807) is 0 Å². The Morgan fingerprint density at radius 2 is 1.77 bits per heavy atom. The Bertz CT molecular complexity index is 858. The summed E-state index contributed by atoms with van der Waals surface area (Å²) < 4.78 is 16.9. The van der Waals surface area contributed by atoms with Crippen LogP contribution in [0.25, 0.3) is 11.4 Å². The summed E-state index contributed by atoms with van der Waals surface area (Å²) >= 11 is 0. The van der Waals surface area contributed by atoms with Crippen LogP contribution in [-0.4, -0.2) is 29.9 Å². The molecule has 0 spiro atoms. The first-order valence-corrected chi connectivity index (χ1v) is 8.74. The Kier molecular flexibility index (Phi) is 4.69. The van der Waals surface area contributed by atoms with Crippen LogP contribution in [0.3, 0.4) is 0 Å². The third kappa shape index (κ3) is 3.34. The summed E-state index contributed by atoms with van der Waals surface area (Å²) in [6.45, 7) is 1.79. The first kappa shape index (κ1) is 16.8. The summed E-state index contributed by atoms with van der Waals surface area (Å²) in [4.78, 5) is 4.63. The molecule has 134 valence electrons. The maximum atomic E-state index is 6.02. The molecule has 2 N–H and O–H groups in total. The molecule has 1 aliphatic heterocycles. The number of nitrogens with two attached hydrogens (primary N) is 1. The van der Waals surface area contributed by atoms with Crippen LogP contribution in [-0.2, 0) is 10.2 Å². The van der Waals surface area contributed by atoms with Crippen molar-refractivity contribution in [2.24, 2.45) is 5.73 Å². The molecule has 6 nitrogen and oxygen atoms in total. The SMILES string of the molecule is NCC1(c2nc(-c3cccc(Oc4ccccc4)c3)no2)CCOCC1. The average molecular weight is 351 g/mol. The molecule has 4 rings (SSSR count). The molecule has 1 aliphatic rings. The molecule has 6 heteroatoms. The Hall–Kier alpha value is -2.70. The quantitative estimate of drug-likeness (QED) is 0.757. The van der Waals surface area contributed by atoms with E-state index in [0.29, 0.717) is 31.5 Å². The van der Waals surface area contributed by atoms with Gasteiger partial charge in [-0.25, -0.2) is 0 Å². The molecule has 1 aromatic heterocycles. The summed E-state index contributed by atoms with van der Waals surface area (Å²) in [7, 11) is 0. The Morgan fingerprint density at radius 1 is 1.00 bits per heavy atom. The zero-order chi connectivity index (χ0) is 17.8. The van der Waals surface area contributed by atoms with Crippen molar-refractivity contribution in [3.63, 3.8) is 0 Å². The maximum absolute atomic E-state index is 6.02. The number of nitrogens with zero attached hydrogens (tertiary/aromatic N) is 2. The topological polar surface area (TPSA) is 83.4 Å². The van der Waals surface area contributed by atoms with Crippen LogP contribution in [0.1, 0.15) is 18.7 Å². The van der Waals surface area contributed by atoms with Gasteiger partial charge >= 0.3 is 0 Å². The number of rotatable bonds is 5. The van der Waals surface area contributed by atoms with Crippen molar-refractivity contribution in [2.75, 3.05) is 19.8 Å². The number of ether oxygens (including phenoxy) is 2. The van der Waals surface area contributed by atoms with Crippen molar-refractivity contribution in [1.29, 1.82) is 0 Å². The first-order chi connectivity index (χ1) is 12.8. The fraction of sp³-hybridized carbons (Fsp3) is 0.300. The van der Waals surface area contributed by atoms with Gasteiger partial charge < -0.3 is 19.7 Å². The summed E-state index contributed by atoms with van der Waals surface area (Å²) in [5.41, 5.74) is 6.58. The van der Waals surface area contributed by atoms with Crippen molar-refractivity contribution >= 4 is 0 Å². The van der Waals surface area contributed by atoms with Gasteiger partial charge in [0.15, 0.2) is 0 Å². The van der Waals surface area contributed by atoms with Crippen molar-refractivity contribution in [1.82, 2.24) is 10.1 Å². The molecular weight excluding hydrogens is 330 g/mol. The van der Waals surface area contributed by atoms with Gasteiger partial charge in [0.05, 0.1) is 5.41 Å². The molecular formula is C20H21N3O3. The van der Waals surface area contributed by atoms with E-state index in [0.717, 1.165) is 29.9 Å². The van der Waals surface area contributed by atoms with Gasteiger partial charge in [-0.05, 0) is 37.1 Å². The summed E-state index contributed by atoms with van der Waals surface area (Å²) in [5.74, 6) is 2.63. The molecule has 0 saturated carbocycles. The largest absolute Gasteiger partial charge is 0.457 e. The Balaban J connectivity index is 1.58. The molecule has 0 unspecified atom stereocenters. The van der Waals surface area contributed by atoms with Gasteiger partial charge in [0.25, 0.3) is 0 Å². The minimum absolute atomic E-state index is 0.290. The lowest BCUT2D eigenvalue weighted by atomic mass is 9.80. The molecule has 2 aromatic carbocycles. The Morgan fingerprint density at radius 3 is 2.54 bits per heavy atom. The van der Waals surface area contributed by atoms with Crippen LogP contribution < -0.4 is 10.5 Å². The van der Waals surface area contributed by atoms with E-state index >= 15 is 0 Å². The highest BCUT2D eigenvalue weighted by molar-refractivity contribution is 5.57. The van der Waals surface area contributed by atoms with Gasteiger partial charge in [0.2, 0.25) is 11.7 Å². The number of hydrogen-bond acceptors (Lipinski definition) is 6. The van der Waals surface area contributed by atoms with Crippen LogP contribution in [0.4, 0.5) is 0 Å². The van der Waals surface area contributed by atoms with Gasteiger partial charge in [-0.1, -0.05) is 35.5 Å². The second-order valence-corrected chi connectivity index (χ2v) is 6.46. The molecule has 1 fully saturated rings. The normalized spacial score (nSPS) is 16.3. The average Bonchev–Trinajstić information content (AvgIpc) is 3.20. The molecule has 0 bridgehead atoms. The molecule has 0 aliphatic carbocycles. The highest BCUT2D eigenvalue weighted by Crippen LogP contribution is 2.34. The van der Waals surface area contributed by atoms with Crippen molar-refractivity contribution < 1.29 is 14.0 Å². The third-order valence-corrected chi connectivity index (χ3v) is 4.79. The molecule has 0 atom stereocenters. The van der Waals surface area contributed by atoms with Gasteiger partial charge in [0.1, 0.15) is 11.5 Å². The van der Waals surface area contributed by atoms with Crippen molar-refractivity contribution in [3.8, 4) is 22.9 Å². The van der Waals surface area contributed by atoms with E-state index in [1.165, 1.54) is 0 Å². The zero-order valence-corrected chi connectivity index (χ0v) is 14.4. The second-order valence-electron chi connectivity index (χ2n) is 6.46. The van der Waals surface area contributed by atoms with E-state index in [-0.39, 0.29) is 5.41 Å². The Labute approximate surface area is 151 Å². The summed E-state index contributed by atoms with van der Waals surface area (Å²) in [5, 5.41) is 4.16. The lowest BCUT2D eigenvalue weighted by Crippen LogP contribution is -2.40. The van der Waals surface area contributed by atoms with E-state index < -0.39 is 0 Å². The molecule has 0 radical (unpaired) electrons. The standard InChI is InChI=1S/C20H21N3O3/c21-14-20(9-11-24-12-10-20)19-22-18(23-26-19)15-5-4-8-17(13-15)25-16-6-2-1-3-7-16/h1-8,13H,9-12,14,21H2. The van der Waals surface area contributed by atoms with E-state index in [2.05, 4.69) is 10.1 Å². The minimum Gasteiger partial charge on any atom is -0.457 e. The van der Waals surface area contributed by atoms with Crippen LogP contribution in [0.2, 0.25) is 0 Å². The smallest absolute Gasteiger partial charge is 0.234 e. The predicted molar refractivity (Wildman–Crippen MR) is 97.0 cm³/mol. The highest BCUT2D eigenvalue weighted by atomic mass is 16.5. The number of benzene rings is 2. The summed E-state index contributed by atoms with van der Waals surface area (Å²) in [6.07, 6.45) is 1.59. The fourth-order valence-corrected chi connectivity index (χ4v) is 3.15. The van der Waals surface area contributed by atoms with Crippen LogP contribution in [0.5, 0.6) is 11.5 Å². The first-order valence-electron chi connectivity index (χ1n) is 8.74. The molecule has 0 amide bonds. The number of aromatic nitrogens is 2. The van der Waals surface area contributed by atoms with Crippen LogP contribution in [0, 0.1) is 0 Å². The van der Waals surface area contributed by atoms with Crippen LogP contribution >= 0.6 is 0 Å². The monoisotopic (exact) mass is 351 g/mol. The maximum Gasteiger partial charge on any atom is 0.234 e. The second kappa shape index (κ2) is 7.27. The molecule has 3 aromatic rings. The van der Waals surface area contributed by atoms with E-state index in [1.807, 2.05) is 54.6 Å². The lowest BCUT2D eigenvalue weighted by molar-refractivity contribution is 0.0409. The zero-order valence-electron chi connectivity index (χ0n) is 14.4. The van der Waals surface area contributed by atoms with E-state index in [9.17, 15) is 0 Å². The minimum atomic E-state index is -0.290. The fourth-order valence-electron chi connectivity index (χ4n) is 3.15. The van der Waals surface area contributed by atoms with Crippen molar-refractivity contribution in [3.05, 3.63) is 60.5 Å². The van der Waals surface area contributed by atoms with Gasteiger partial charge in [0, 0.05) is 25.3 Å². The van der Waals surface area contributed by atoms with Crippen LogP contribution in [0.15, 0.2) is 59.1 Å². The predicted octanol–water partition coefficient (Wildman–Crippen LogP) is 3.54. The highest BCUT2D eigenvalue weighted by Gasteiger charge is 2.38. The lowest BCUT2D eigenvalue weighted by Gasteiger charge is -2.32. The van der Waals surface area contributed by atoms with Gasteiger partial charge in [-0.2, -0.15) is 4.98 Å². The number of hydrogen-bond donors (Lipinski definition) is 1. The van der Waals surface area contributed by atoms with Gasteiger partial charge in [-0.3, -0.25) is 0 Å². The van der Waals surface area contributed by atoms with E-state index in [4.69, 9.17) is 19.7 Å². The molecule has 2 heterocycles. The number of para-hydroxylation sites is 1. The van der Waals surface area contributed by atoms with Gasteiger partial charge in [-0.15, -0.1) is 0 Å². The third-order valence-electron chi connectivity index (χ3n) is 4.79. The van der Waals surface area contributed by atoms with Crippen molar-refractivity contribution in [2.45, 2.75) is 18.3 Å². The summed E-state index contributed by atoms with van der Waals surface area (Å²) in [6, 6.07) is 17.3.